The summed E-state index contributed by atoms with van der Waals surface area (Å²) in [5.41, 5.74) is 3.65. The molecule has 25 heavy (non-hydrogen) atoms. The highest BCUT2D eigenvalue weighted by atomic mass is 16.2. The lowest BCUT2D eigenvalue weighted by atomic mass is 10.0. The van der Waals surface area contributed by atoms with Crippen LogP contribution in [0.15, 0.2) is 54.7 Å². The molecule has 1 atom stereocenters. The first-order valence-corrected chi connectivity index (χ1v) is 8.62. The summed E-state index contributed by atoms with van der Waals surface area (Å²) in [4.78, 5) is 21.8. The predicted molar refractivity (Wildman–Crippen MR) is 97.6 cm³/mol. The van der Waals surface area contributed by atoms with E-state index in [1.807, 2.05) is 46.7 Å². The van der Waals surface area contributed by atoms with Gasteiger partial charge in [0, 0.05) is 31.5 Å². The zero-order chi connectivity index (χ0) is 17.4. The number of carbonyl (C=O) groups is 1. The molecular weight excluding hydrogens is 312 g/mol. The number of pyridine rings is 1. The molecule has 0 bridgehead atoms. The Morgan fingerprint density at radius 3 is 2.64 bits per heavy atom. The Morgan fingerprint density at radius 1 is 1.08 bits per heavy atom. The minimum absolute atomic E-state index is 0.0112. The van der Waals surface area contributed by atoms with E-state index in [0.717, 1.165) is 24.4 Å². The lowest BCUT2D eigenvalue weighted by Crippen LogP contribution is -2.49. The molecule has 128 valence electrons. The molecule has 1 fully saturated rings. The summed E-state index contributed by atoms with van der Waals surface area (Å²) in [7, 11) is 2.12. The maximum absolute atomic E-state index is 13.0. The highest BCUT2D eigenvalue weighted by molar-refractivity contribution is 5.93. The Hall–Kier alpha value is -2.66. The molecule has 1 aliphatic rings. The maximum Gasteiger partial charge on any atom is 0.274 e. The minimum Gasteiger partial charge on any atom is -0.334 e. The van der Waals surface area contributed by atoms with Gasteiger partial charge in [0.15, 0.2) is 0 Å². The van der Waals surface area contributed by atoms with Gasteiger partial charge in [0.2, 0.25) is 0 Å². The monoisotopic (exact) mass is 334 g/mol. The Balaban J connectivity index is 1.60. The van der Waals surface area contributed by atoms with Gasteiger partial charge in [-0.3, -0.25) is 9.69 Å². The van der Waals surface area contributed by atoms with Crippen LogP contribution >= 0.6 is 0 Å². The van der Waals surface area contributed by atoms with Crippen LogP contribution in [0.1, 0.15) is 27.8 Å². The van der Waals surface area contributed by atoms with E-state index in [1.165, 1.54) is 5.56 Å². The summed E-state index contributed by atoms with van der Waals surface area (Å²) in [5, 5.41) is 0. The quantitative estimate of drug-likeness (QED) is 0.724. The molecule has 2 aromatic heterocycles. The fourth-order valence-electron chi connectivity index (χ4n) is 3.51. The number of imidazole rings is 1. The van der Waals surface area contributed by atoms with E-state index in [2.05, 4.69) is 41.2 Å². The molecule has 3 heterocycles. The van der Waals surface area contributed by atoms with Crippen LogP contribution in [0, 0.1) is 6.92 Å². The van der Waals surface area contributed by atoms with Crippen molar-refractivity contribution in [2.45, 2.75) is 13.0 Å². The maximum atomic E-state index is 13.0. The van der Waals surface area contributed by atoms with Crippen molar-refractivity contribution in [1.29, 1.82) is 0 Å². The first-order valence-electron chi connectivity index (χ1n) is 8.62. The number of nitrogens with zero attached hydrogens (tertiary/aromatic N) is 4. The molecule has 5 heteroatoms. The molecule has 1 amide bonds. The Bertz CT molecular complexity index is 902. The van der Waals surface area contributed by atoms with E-state index in [0.29, 0.717) is 12.2 Å². The van der Waals surface area contributed by atoms with Crippen LogP contribution < -0.4 is 0 Å². The van der Waals surface area contributed by atoms with Gasteiger partial charge in [0.05, 0.1) is 6.04 Å². The van der Waals surface area contributed by atoms with Gasteiger partial charge in [-0.25, -0.2) is 4.98 Å². The third kappa shape index (κ3) is 2.91. The number of hydrogen-bond donors (Lipinski definition) is 0. The van der Waals surface area contributed by atoms with Gasteiger partial charge in [0.1, 0.15) is 11.3 Å². The number of rotatable bonds is 2. The van der Waals surface area contributed by atoms with Crippen molar-refractivity contribution in [3.8, 4) is 0 Å². The van der Waals surface area contributed by atoms with Crippen LogP contribution in [0.4, 0.5) is 0 Å². The van der Waals surface area contributed by atoms with Crippen molar-refractivity contribution >= 4 is 11.6 Å². The summed E-state index contributed by atoms with van der Waals surface area (Å²) in [6.45, 7) is 4.29. The van der Waals surface area contributed by atoms with Crippen molar-refractivity contribution in [3.05, 3.63) is 71.7 Å². The van der Waals surface area contributed by atoms with E-state index >= 15 is 0 Å². The molecule has 0 N–H and O–H groups in total. The Labute approximate surface area is 147 Å². The summed E-state index contributed by atoms with van der Waals surface area (Å²) in [6.07, 6.45) is 1.85. The fraction of sp³-hybridized carbons (Fsp3) is 0.300. The molecule has 0 radical (unpaired) electrons. The zero-order valence-electron chi connectivity index (χ0n) is 14.6. The highest BCUT2D eigenvalue weighted by Gasteiger charge is 2.29. The number of likely N-dealkylation sites (N-methyl/N-ethyl adjacent to an activating group) is 1. The normalized spacial score (nSPS) is 18.6. The average molecular weight is 334 g/mol. The largest absolute Gasteiger partial charge is 0.334 e. The van der Waals surface area contributed by atoms with E-state index < -0.39 is 0 Å². The van der Waals surface area contributed by atoms with E-state index in [4.69, 9.17) is 0 Å². The fourth-order valence-corrected chi connectivity index (χ4v) is 3.51. The molecule has 1 aromatic carbocycles. The molecule has 1 aliphatic heterocycles. The van der Waals surface area contributed by atoms with E-state index in [1.54, 1.807) is 0 Å². The number of carbonyl (C=O) groups excluding carboxylic acids is 1. The molecule has 5 nitrogen and oxygen atoms in total. The van der Waals surface area contributed by atoms with Gasteiger partial charge in [0.25, 0.3) is 5.91 Å². The number of amides is 1. The summed E-state index contributed by atoms with van der Waals surface area (Å²) < 4.78 is 1.97. The second-order valence-corrected chi connectivity index (χ2v) is 6.68. The predicted octanol–water partition coefficient (Wildman–Crippen LogP) is 2.77. The standard InChI is InChI=1S/C20H22N4O/c1-15-7-6-10-19-21-17(13-24(15)19)20(25)23-12-11-22(2)18(14-23)16-8-4-3-5-9-16/h3-10,13,18H,11-12,14H2,1-2H3/t18-/m0/s1. The highest BCUT2D eigenvalue weighted by Crippen LogP contribution is 2.24. The molecular formula is C20H22N4O. The van der Waals surface area contributed by atoms with Crippen LogP contribution in [0.3, 0.4) is 0 Å². The molecule has 4 rings (SSSR count). The summed E-state index contributed by atoms with van der Waals surface area (Å²) >= 11 is 0. The van der Waals surface area contributed by atoms with Gasteiger partial charge >= 0.3 is 0 Å². The smallest absolute Gasteiger partial charge is 0.274 e. The second-order valence-electron chi connectivity index (χ2n) is 6.68. The van der Waals surface area contributed by atoms with Gasteiger partial charge < -0.3 is 9.30 Å². The molecule has 0 saturated carbocycles. The molecule has 0 spiro atoms. The van der Waals surface area contributed by atoms with E-state index in [-0.39, 0.29) is 11.9 Å². The van der Waals surface area contributed by atoms with Crippen LogP contribution in [0.2, 0.25) is 0 Å². The van der Waals surface area contributed by atoms with Crippen LogP contribution in [-0.2, 0) is 0 Å². The van der Waals surface area contributed by atoms with Crippen molar-refractivity contribution in [2.75, 3.05) is 26.7 Å². The topological polar surface area (TPSA) is 40.9 Å². The number of benzene rings is 1. The van der Waals surface area contributed by atoms with Crippen molar-refractivity contribution in [2.24, 2.45) is 0 Å². The number of aromatic nitrogens is 2. The molecule has 1 saturated heterocycles. The van der Waals surface area contributed by atoms with Crippen molar-refractivity contribution in [1.82, 2.24) is 19.2 Å². The minimum atomic E-state index is 0.0112. The summed E-state index contributed by atoms with van der Waals surface area (Å²) in [5.74, 6) is 0.0112. The van der Waals surface area contributed by atoms with Gasteiger partial charge in [-0.15, -0.1) is 0 Å². The number of piperazine rings is 1. The molecule has 0 aliphatic carbocycles. The Kier molecular flexibility index (Phi) is 4.01. The Morgan fingerprint density at radius 2 is 1.88 bits per heavy atom. The lowest BCUT2D eigenvalue weighted by molar-refractivity contribution is 0.0541. The van der Waals surface area contributed by atoms with Crippen LogP contribution in [-0.4, -0.2) is 51.8 Å². The molecule has 3 aromatic rings. The number of fused-ring (bicyclic) bond motifs is 1. The van der Waals surface area contributed by atoms with Crippen LogP contribution in [0.25, 0.3) is 5.65 Å². The zero-order valence-corrected chi connectivity index (χ0v) is 14.6. The van der Waals surface area contributed by atoms with Gasteiger partial charge in [-0.2, -0.15) is 0 Å². The van der Waals surface area contributed by atoms with Gasteiger partial charge in [-0.05, 0) is 31.7 Å². The third-order valence-electron chi connectivity index (χ3n) is 5.03. The third-order valence-corrected chi connectivity index (χ3v) is 5.03. The van der Waals surface area contributed by atoms with Crippen molar-refractivity contribution < 1.29 is 4.79 Å². The number of hydrogen-bond acceptors (Lipinski definition) is 3. The first-order chi connectivity index (χ1) is 12.1. The first kappa shape index (κ1) is 15.8. The van der Waals surface area contributed by atoms with Gasteiger partial charge in [-0.1, -0.05) is 36.4 Å². The SMILES string of the molecule is Cc1cccc2nc(C(=O)N3CCN(C)[C@H](c4ccccc4)C3)cn12. The number of aryl methyl sites for hydroxylation is 1. The molecule has 0 unspecified atom stereocenters. The lowest BCUT2D eigenvalue weighted by Gasteiger charge is -2.39. The van der Waals surface area contributed by atoms with Crippen molar-refractivity contribution in [3.63, 3.8) is 0 Å². The average Bonchev–Trinajstić information content (AvgIpc) is 3.08. The summed E-state index contributed by atoms with van der Waals surface area (Å²) in [6, 6.07) is 16.5. The van der Waals surface area contributed by atoms with E-state index in [9.17, 15) is 4.79 Å². The second kappa shape index (κ2) is 6.33. The van der Waals surface area contributed by atoms with Crippen LogP contribution in [0.5, 0.6) is 0 Å².